The Hall–Kier alpha value is -5.09. The van der Waals surface area contributed by atoms with E-state index in [-0.39, 0.29) is 44.6 Å². The van der Waals surface area contributed by atoms with Crippen LogP contribution in [0.25, 0.3) is 0 Å². The number of hydrogen-bond donors (Lipinski definition) is 0. The predicted molar refractivity (Wildman–Crippen MR) is 137 cm³/mol. The number of esters is 1. The van der Waals surface area contributed by atoms with E-state index in [0.29, 0.717) is 0 Å². The number of ketones is 1. The van der Waals surface area contributed by atoms with Crippen LogP contribution in [-0.4, -0.2) is 21.6 Å². The molecular formula is C27H17ClN2O8. The molecule has 11 heteroatoms. The number of hydrogen-bond acceptors (Lipinski definition) is 8. The second-order valence-electron chi connectivity index (χ2n) is 7.84. The molecule has 0 radical (unpaired) electrons. The van der Waals surface area contributed by atoms with Gasteiger partial charge in [0.2, 0.25) is 11.5 Å². The van der Waals surface area contributed by atoms with Crippen molar-refractivity contribution in [3.63, 3.8) is 0 Å². The highest BCUT2D eigenvalue weighted by molar-refractivity contribution is 6.32. The van der Waals surface area contributed by atoms with E-state index in [1.54, 1.807) is 30.3 Å². The molecule has 0 aliphatic carbocycles. The summed E-state index contributed by atoms with van der Waals surface area (Å²) in [5.41, 5.74) is 0.1000. The SMILES string of the molecule is O=C(O[C@H](C(=O)c1ccccc1)c1ccc([N+](=O)[O-])cc1)c1ccc(Oc2c(Cl)cccc2[N+](=O)[O-])cc1. The van der Waals surface area contributed by atoms with Crippen LogP contribution in [0.4, 0.5) is 11.4 Å². The number of carbonyl (C=O) groups excluding carboxylic acids is 2. The van der Waals surface area contributed by atoms with Gasteiger partial charge in [-0.05, 0) is 42.5 Å². The second-order valence-corrected chi connectivity index (χ2v) is 8.24. The van der Waals surface area contributed by atoms with E-state index >= 15 is 0 Å². The smallest absolute Gasteiger partial charge is 0.339 e. The summed E-state index contributed by atoms with van der Waals surface area (Å²) in [4.78, 5) is 47.3. The zero-order valence-electron chi connectivity index (χ0n) is 19.4. The Labute approximate surface area is 220 Å². The van der Waals surface area contributed by atoms with Crippen molar-refractivity contribution in [3.8, 4) is 11.5 Å². The van der Waals surface area contributed by atoms with Gasteiger partial charge in [-0.3, -0.25) is 25.0 Å². The summed E-state index contributed by atoms with van der Waals surface area (Å²) in [6.45, 7) is 0. The van der Waals surface area contributed by atoms with Gasteiger partial charge in [0, 0.05) is 29.3 Å². The van der Waals surface area contributed by atoms with E-state index < -0.39 is 27.7 Å². The lowest BCUT2D eigenvalue weighted by Crippen LogP contribution is -2.20. The van der Waals surface area contributed by atoms with Crippen molar-refractivity contribution in [1.29, 1.82) is 0 Å². The summed E-state index contributed by atoms with van der Waals surface area (Å²) in [5, 5.41) is 22.3. The molecule has 1 atom stereocenters. The van der Waals surface area contributed by atoms with Gasteiger partial charge in [-0.2, -0.15) is 0 Å². The first kappa shape index (κ1) is 26.0. The van der Waals surface area contributed by atoms with Gasteiger partial charge in [-0.25, -0.2) is 4.79 Å². The molecule has 0 aromatic heterocycles. The molecule has 0 bridgehead atoms. The maximum Gasteiger partial charge on any atom is 0.339 e. The first-order chi connectivity index (χ1) is 18.2. The third kappa shape index (κ3) is 5.82. The van der Waals surface area contributed by atoms with E-state index in [4.69, 9.17) is 21.1 Å². The lowest BCUT2D eigenvalue weighted by atomic mass is 9.99. The molecule has 4 aromatic rings. The number of ether oxygens (including phenoxy) is 2. The molecule has 0 aliphatic rings. The molecule has 0 fully saturated rings. The number of rotatable bonds is 9. The standard InChI is InChI=1S/C27H17ClN2O8/c28-22-7-4-8-23(30(35)36)26(22)37-21-15-11-19(12-16-21)27(32)38-25(24(31)17-5-2-1-3-6-17)18-9-13-20(14-10-18)29(33)34/h1-16,25H/t25-/m0/s1. The zero-order chi connectivity index (χ0) is 27.2. The summed E-state index contributed by atoms with van der Waals surface area (Å²) in [7, 11) is 0. The van der Waals surface area contributed by atoms with Gasteiger partial charge in [0.25, 0.3) is 5.69 Å². The van der Waals surface area contributed by atoms with Crippen molar-refractivity contribution in [1.82, 2.24) is 0 Å². The van der Waals surface area contributed by atoms with Crippen LogP contribution in [0.2, 0.25) is 5.02 Å². The Bertz CT molecular complexity index is 1510. The summed E-state index contributed by atoms with van der Waals surface area (Å²) >= 11 is 6.06. The van der Waals surface area contributed by atoms with Crippen molar-refractivity contribution in [2.75, 3.05) is 0 Å². The number of benzene rings is 4. The normalized spacial score (nSPS) is 11.3. The molecule has 0 unspecified atom stereocenters. The third-order valence-electron chi connectivity index (χ3n) is 5.38. The number of Topliss-reactive ketones (excluding diaryl/α,β-unsaturated/α-hetero) is 1. The molecule has 0 aliphatic heterocycles. The Morgan fingerprint density at radius 2 is 1.39 bits per heavy atom. The topological polar surface area (TPSA) is 139 Å². The number of nitro groups is 2. The van der Waals surface area contributed by atoms with E-state index in [2.05, 4.69) is 0 Å². The Morgan fingerprint density at radius 3 is 2.00 bits per heavy atom. The Kier molecular flexibility index (Phi) is 7.74. The first-order valence-electron chi connectivity index (χ1n) is 11.0. The van der Waals surface area contributed by atoms with E-state index in [1.807, 2.05) is 0 Å². The van der Waals surface area contributed by atoms with Crippen molar-refractivity contribution in [3.05, 3.63) is 139 Å². The van der Waals surface area contributed by atoms with Crippen molar-refractivity contribution < 1.29 is 28.9 Å². The highest BCUT2D eigenvalue weighted by Crippen LogP contribution is 2.38. The highest BCUT2D eigenvalue weighted by atomic mass is 35.5. The molecular weight excluding hydrogens is 516 g/mol. The quantitative estimate of drug-likeness (QED) is 0.1000. The van der Waals surface area contributed by atoms with Crippen LogP contribution >= 0.6 is 11.6 Å². The fourth-order valence-corrected chi connectivity index (χ4v) is 3.70. The monoisotopic (exact) mass is 532 g/mol. The van der Waals surface area contributed by atoms with Gasteiger partial charge in [0.05, 0.1) is 20.4 Å². The van der Waals surface area contributed by atoms with Gasteiger partial charge >= 0.3 is 11.7 Å². The minimum Gasteiger partial charge on any atom is -0.449 e. The third-order valence-corrected chi connectivity index (χ3v) is 5.68. The van der Waals surface area contributed by atoms with Crippen LogP contribution in [0.3, 0.4) is 0 Å². The molecule has 10 nitrogen and oxygen atoms in total. The molecule has 4 aromatic carbocycles. The number of halogens is 1. The fourth-order valence-electron chi connectivity index (χ4n) is 3.49. The molecule has 0 amide bonds. The average Bonchev–Trinajstić information content (AvgIpc) is 2.93. The van der Waals surface area contributed by atoms with E-state index in [0.717, 1.165) is 0 Å². The van der Waals surface area contributed by atoms with Crippen molar-refractivity contribution >= 4 is 34.7 Å². The number of nitro benzene ring substituents is 2. The van der Waals surface area contributed by atoms with Gasteiger partial charge in [0.15, 0.2) is 6.10 Å². The van der Waals surface area contributed by atoms with Gasteiger partial charge in [-0.1, -0.05) is 48.0 Å². The first-order valence-corrected chi connectivity index (χ1v) is 11.4. The van der Waals surface area contributed by atoms with Gasteiger partial charge in [-0.15, -0.1) is 0 Å². The van der Waals surface area contributed by atoms with Crippen LogP contribution in [0.5, 0.6) is 11.5 Å². The average molecular weight is 533 g/mol. The minimum absolute atomic E-state index is 0.0352. The van der Waals surface area contributed by atoms with Crippen LogP contribution in [0, 0.1) is 20.2 Å². The zero-order valence-corrected chi connectivity index (χ0v) is 20.1. The summed E-state index contributed by atoms with van der Waals surface area (Å²) in [6, 6.07) is 22.9. The number of nitrogens with zero attached hydrogens (tertiary/aromatic N) is 2. The molecule has 0 saturated carbocycles. The van der Waals surface area contributed by atoms with Crippen molar-refractivity contribution in [2.24, 2.45) is 0 Å². The van der Waals surface area contributed by atoms with Crippen LogP contribution < -0.4 is 4.74 Å². The molecule has 4 rings (SSSR count). The fraction of sp³-hybridized carbons (Fsp3) is 0.0370. The Morgan fingerprint density at radius 1 is 0.737 bits per heavy atom. The number of para-hydroxylation sites is 1. The molecule has 190 valence electrons. The summed E-state index contributed by atoms with van der Waals surface area (Å²) in [6.07, 6.45) is -1.37. The largest absolute Gasteiger partial charge is 0.449 e. The van der Waals surface area contributed by atoms with Crippen LogP contribution in [-0.2, 0) is 4.74 Å². The lowest BCUT2D eigenvalue weighted by Gasteiger charge is -2.18. The molecule has 0 heterocycles. The molecule has 38 heavy (non-hydrogen) atoms. The maximum absolute atomic E-state index is 13.2. The van der Waals surface area contributed by atoms with Gasteiger partial charge in [0.1, 0.15) is 5.75 Å². The number of non-ortho nitro benzene ring substituents is 1. The van der Waals surface area contributed by atoms with Gasteiger partial charge < -0.3 is 9.47 Å². The highest BCUT2D eigenvalue weighted by Gasteiger charge is 2.27. The Balaban J connectivity index is 1.57. The molecule has 0 N–H and O–H groups in total. The van der Waals surface area contributed by atoms with Crippen LogP contribution in [0.1, 0.15) is 32.4 Å². The molecule has 0 saturated heterocycles. The van der Waals surface area contributed by atoms with Crippen molar-refractivity contribution in [2.45, 2.75) is 6.10 Å². The van der Waals surface area contributed by atoms with Crippen LogP contribution in [0.15, 0.2) is 97.1 Å². The maximum atomic E-state index is 13.2. The lowest BCUT2D eigenvalue weighted by molar-refractivity contribution is -0.385. The summed E-state index contributed by atoms with van der Waals surface area (Å²) < 4.78 is 11.1. The summed E-state index contributed by atoms with van der Waals surface area (Å²) in [5.74, 6) is -1.34. The number of carbonyl (C=O) groups is 2. The van der Waals surface area contributed by atoms with E-state index in [1.165, 1.54) is 66.7 Å². The van der Waals surface area contributed by atoms with E-state index in [9.17, 15) is 29.8 Å². The minimum atomic E-state index is -1.37. The predicted octanol–water partition coefficient (Wildman–Crippen LogP) is 6.73. The molecule has 0 spiro atoms. The second kappa shape index (κ2) is 11.3.